The van der Waals surface area contributed by atoms with E-state index in [9.17, 15) is 4.79 Å². The molecule has 0 fully saturated rings. The van der Waals surface area contributed by atoms with Gasteiger partial charge >= 0.3 is 0 Å². The lowest BCUT2D eigenvalue weighted by Gasteiger charge is -2.04. The first-order valence-electron chi connectivity index (χ1n) is 6.26. The highest BCUT2D eigenvalue weighted by molar-refractivity contribution is 5.94. The molecule has 0 aliphatic carbocycles. The Morgan fingerprint density at radius 2 is 2.00 bits per heavy atom. The second-order valence-electron chi connectivity index (χ2n) is 4.00. The van der Waals surface area contributed by atoms with Gasteiger partial charge in [-0.3, -0.25) is 4.79 Å². The summed E-state index contributed by atoms with van der Waals surface area (Å²) in [6.07, 6.45) is 3.30. The van der Waals surface area contributed by atoms with Crippen LogP contribution in [0.3, 0.4) is 0 Å². The zero-order valence-corrected chi connectivity index (χ0v) is 10.7. The van der Waals surface area contributed by atoms with Gasteiger partial charge in [-0.25, -0.2) is 0 Å². The second kappa shape index (κ2) is 8.32. The van der Waals surface area contributed by atoms with E-state index in [0.717, 1.165) is 31.4 Å². The first kappa shape index (κ1) is 14.3. The molecule has 0 spiro atoms. The molecule has 0 bridgehead atoms. The summed E-state index contributed by atoms with van der Waals surface area (Å²) in [4.78, 5) is 11.7. The van der Waals surface area contributed by atoms with E-state index < -0.39 is 0 Å². The maximum atomic E-state index is 11.7. The Morgan fingerprint density at radius 1 is 1.28 bits per heavy atom. The fourth-order valence-electron chi connectivity index (χ4n) is 1.53. The number of carbonyl (C=O) groups excluding carboxylic acids is 1. The Labute approximate surface area is 108 Å². The predicted octanol–water partition coefficient (Wildman–Crippen LogP) is 1.95. The van der Waals surface area contributed by atoms with Gasteiger partial charge < -0.3 is 10.4 Å². The quantitative estimate of drug-likeness (QED) is 0.615. The van der Waals surface area contributed by atoms with Crippen LogP contribution < -0.4 is 5.32 Å². The number of carbonyl (C=O) groups is 1. The molecule has 1 amide bonds. The molecule has 1 aromatic carbocycles. The van der Waals surface area contributed by atoms with Gasteiger partial charge in [-0.2, -0.15) is 0 Å². The van der Waals surface area contributed by atoms with E-state index in [1.165, 1.54) is 0 Å². The van der Waals surface area contributed by atoms with Crippen molar-refractivity contribution in [1.29, 1.82) is 0 Å². The minimum absolute atomic E-state index is 0.0484. The number of aliphatic hydroxyl groups excluding tert-OH is 1. The van der Waals surface area contributed by atoms with Crippen molar-refractivity contribution in [2.45, 2.75) is 26.2 Å². The highest BCUT2D eigenvalue weighted by Gasteiger charge is 2.03. The average Bonchev–Trinajstić information content (AvgIpc) is 2.41. The lowest BCUT2D eigenvalue weighted by molar-refractivity contribution is 0.0953. The molecular formula is C15H19NO2. The van der Waals surface area contributed by atoms with Crippen LogP contribution in [-0.2, 0) is 0 Å². The maximum Gasteiger partial charge on any atom is 0.251 e. The van der Waals surface area contributed by atoms with Crippen LogP contribution in [-0.4, -0.2) is 24.2 Å². The van der Waals surface area contributed by atoms with Crippen molar-refractivity contribution in [1.82, 2.24) is 5.32 Å². The Kier molecular flexibility index (Phi) is 6.60. The van der Waals surface area contributed by atoms with Crippen molar-refractivity contribution < 1.29 is 9.90 Å². The molecule has 18 heavy (non-hydrogen) atoms. The van der Waals surface area contributed by atoms with Gasteiger partial charge in [-0.15, -0.1) is 0 Å². The molecule has 0 aliphatic rings. The van der Waals surface area contributed by atoms with Gasteiger partial charge in [0.25, 0.3) is 5.91 Å². The van der Waals surface area contributed by atoms with Crippen LogP contribution in [0.4, 0.5) is 0 Å². The average molecular weight is 245 g/mol. The van der Waals surface area contributed by atoms with Crippen LogP contribution in [0.2, 0.25) is 0 Å². The monoisotopic (exact) mass is 245 g/mol. The van der Waals surface area contributed by atoms with E-state index in [1.807, 2.05) is 0 Å². The van der Waals surface area contributed by atoms with Crippen molar-refractivity contribution in [3.63, 3.8) is 0 Å². The Hall–Kier alpha value is -1.79. The number of amides is 1. The van der Waals surface area contributed by atoms with Crippen LogP contribution in [0, 0.1) is 11.8 Å². The van der Waals surface area contributed by atoms with E-state index in [1.54, 1.807) is 24.3 Å². The molecule has 0 unspecified atom stereocenters. The summed E-state index contributed by atoms with van der Waals surface area (Å²) >= 11 is 0. The van der Waals surface area contributed by atoms with Gasteiger partial charge in [0.1, 0.15) is 6.61 Å². The molecule has 3 heteroatoms. The normalized spacial score (nSPS) is 9.44. The Balaban J connectivity index is 2.48. The van der Waals surface area contributed by atoms with E-state index in [4.69, 9.17) is 5.11 Å². The molecule has 1 rings (SSSR count). The van der Waals surface area contributed by atoms with Gasteiger partial charge in [-0.1, -0.05) is 31.6 Å². The van der Waals surface area contributed by atoms with Gasteiger partial charge in [0, 0.05) is 17.7 Å². The van der Waals surface area contributed by atoms with Gasteiger partial charge in [-0.05, 0) is 30.7 Å². The van der Waals surface area contributed by atoms with E-state index in [0.29, 0.717) is 5.56 Å². The molecule has 0 aliphatic heterocycles. The van der Waals surface area contributed by atoms with Crippen LogP contribution in [0.25, 0.3) is 0 Å². The smallest absolute Gasteiger partial charge is 0.251 e. The van der Waals surface area contributed by atoms with Crippen molar-refractivity contribution in [3.8, 4) is 11.8 Å². The van der Waals surface area contributed by atoms with E-state index in [2.05, 4.69) is 24.1 Å². The van der Waals surface area contributed by atoms with Crippen LogP contribution in [0.5, 0.6) is 0 Å². The van der Waals surface area contributed by atoms with E-state index >= 15 is 0 Å². The van der Waals surface area contributed by atoms with Crippen molar-refractivity contribution in [3.05, 3.63) is 35.4 Å². The van der Waals surface area contributed by atoms with E-state index in [-0.39, 0.29) is 12.5 Å². The van der Waals surface area contributed by atoms with Gasteiger partial charge in [0.2, 0.25) is 0 Å². The summed E-state index contributed by atoms with van der Waals surface area (Å²) in [6.45, 7) is 2.70. The molecule has 96 valence electrons. The topological polar surface area (TPSA) is 49.3 Å². The summed E-state index contributed by atoms with van der Waals surface area (Å²) in [7, 11) is 0. The molecular weight excluding hydrogens is 226 g/mol. The van der Waals surface area contributed by atoms with Crippen molar-refractivity contribution in [2.24, 2.45) is 0 Å². The lowest BCUT2D eigenvalue weighted by atomic mass is 10.1. The first-order chi connectivity index (χ1) is 8.77. The largest absolute Gasteiger partial charge is 0.384 e. The van der Waals surface area contributed by atoms with Crippen molar-refractivity contribution in [2.75, 3.05) is 13.2 Å². The fourth-order valence-corrected chi connectivity index (χ4v) is 1.53. The molecule has 0 heterocycles. The molecule has 0 saturated carbocycles. The van der Waals surface area contributed by atoms with Crippen LogP contribution in [0.15, 0.2) is 24.3 Å². The summed E-state index contributed by atoms with van der Waals surface area (Å²) in [6, 6.07) is 7.06. The minimum Gasteiger partial charge on any atom is -0.384 e. The summed E-state index contributed by atoms with van der Waals surface area (Å²) in [5.41, 5.74) is 1.44. The number of benzene rings is 1. The van der Waals surface area contributed by atoms with Gasteiger partial charge in [0.15, 0.2) is 0 Å². The van der Waals surface area contributed by atoms with Crippen molar-refractivity contribution >= 4 is 5.91 Å². The highest BCUT2D eigenvalue weighted by atomic mass is 16.2. The zero-order valence-electron chi connectivity index (χ0n) is 10.7. The summed E-state index contributed by atoms with van der Waals surface area (Å²) < 4.78 is 0. The molecule has 0 atom stereocenters. The maximum absolute atomic E-state index is 11.7. The molecule has 0 radical (unpaired) electrons. The minimum atomic E-state index is -0.153. The number of unbranched alkanes of at least 4 members (excludes halogenated alkanes) is 2. The van der Waals surface area contributed by atoms with Gasteiger partial charge in [0.05, 0.1) is 0 Å². The number of aliphatic hydroxyl groups is 1. The summed E-state index contributed by atoms with van der Waals surface area (Å²) in [5, 5.41) is 11.5. The molecule has 0 saturated heterocycles. The fraction of sp³-hybridized carbons (Fsp3) is 0.400. The number of hydrogen-bond acceptors (Lipinski definition) is 2. The predicted molar refractivity (Wildman–Crippen MR) is 72.3 cm³/mol. The molecule has 2 N–H and O–H groups in total. The third-order valence-corrected chi connectivity index (χ3v) is 2.52. The SMILES string of the molecule is CCCCCNC(=O)c1ccc(C#CCO)cc1. The molecule has 3 nitrogen and oxygen atoms in total. The third-order valence-electron chi connectivity index (χ3n) is 2.52. The Bertz CT molecular complexity index is 426. The lowest BCUT2D eigenvalue weighted by Crippen LogP contribution is -2.24. The first-order valence-corrected chi connectivity index (χ1v) is 6.26. The molecule has 1 aromatic rings. The zero-order chi connectivity index (χ0) is 13.2. The Morgan fingerprint density at radius 3 is 2.61 bits per heavy atom. The number of rotatable bonds is 5. The highest BCUT2D eigenvalue weighted by Crippen LogP contribution is 2.03. The van der Waals surface area contributed by atoms with Crippen LogP contribution in [0.1, 0.15) is 42.1 Å². The standard InChI is InChI=1S/C15H19NO2/c1-2-3-4-11-16-15(18)14-9-7-13(8-10-14)6-5-12-17/h7-10,17H,2-4,11-12H2,1H3,(H,16,18). The number of hydrogen-bond donors (Lipinski definition) is 2. The molecule has 0 aromatic heterocycles. The third kappa shape index (κ3) is 5.03. The van der Waals surface area contributed by atoms with Crippen LogP contribution >= 0.6 is 0 Å². The number of nitrogens with one attached hydrogen (secondary N) is 1. The summed E-state index contributed by atoms with van der Waals surface area (Å²) in [5.74, 6) is 5.31. The second-order valence-corrected chi connectivity index (χ2v) is 4.00.